The van der Waals surface area contributed by atoms with Gasteiger partial charge in [0.15, 0.2) is 5.78 Å². The highest BCUT2D eigenvalue weighted by atomic mass is 79.9. The Morgan fingerprint density at radius 3 is 2.86 bits per heavy atom. The van der Waals surface area contributed by atoms with Crippen molar-refractivity contribution in [2.75, 3.05) is 11.9 Å². The van der Waals surface area contributed by atoms with Gasteiger partial charge in [-0.1, -0.05) is 15.9 Å². The third kappa shape index (κ3) is 2.54. The lowest BCUT2D eigenvalue weighted by Gasteiger charge is -2.07. The summed E-state index contributed by atoms with van der Waals surface area (Å²) in [5.41, 5.74) is 0.408. The third-order valence-corrected chi connectivity index (χ3v) is 2.17. The van der Waals surface area contributed by atoms with Crippen LogP contribution in [0.2, 0.25) is 0 Å². The normalized spacial score (nSPS) is 9.93. The predicted molar refractivity (Wildman–Crippen MR) is 55.7 cm³/mol. The second-order valence-corrected chi connectivity index (χ2v) is 3.19. The summed E-state index contributed by atoms with van der Waals surface area (Å²) in [6, 6.07) is 3.90. The molecule has 0 atom stereocenters. The van der Waals surface area contributed by atoms with E-state index in [1.807, 2.05) is 0 Å². The van der Waals surface area contributed by atoms with E-state index in [4.69, 9.17) is 4.74 Å². The molecule has 0 fully saturated rings. The van der Waals surface area contributed by atoms with E-state index in [1.54, 1.807) is 6.92 Å². The molecule has 0 saturated carbocycles. The van der Waals surface area contributed by atoms with Gasteiger partial charge < -0.3 is 4.74 Å². The Kier molecular flexibility index (Phi) is 4.07. The molecular weight excluding hydrogens is 251 g/mol. The first-order chi connectivity index (χ1) is 6.69. The number of benzene rings is 1. The molecule has 0 aliphatic rings. The molecule has 0 spiro atoms. The Bertz CT molecular complexity index is 339. The van der Waals surface area contributed by atoms with Crippen LogP contribution in [0.25, 0.3) is 0 Å². The van der Waals surface area contributed by atoms with Gasteiger partial charge in [0.1, 0.15) is 11.6 Å². The molecule has 0 amide bonds. The molecule has 2 nitrogen and oxygen atoms in total. The average molecular weight is 261 g/mol. The summed E-state index contributed by atoms with van der Waals surface area (Å²) < 4.78 is 18.0. The van der Waals surface area contributed by atoms with Gasteiger partial charge in [0.05, 0.1) is 17.5 Å². The quantitative estimate of drug-likeness (QED) is 0.615. The van der Waals surface area contributed by atoms with Crippen molar-refractivity contribution in [3.63, 3.8) is 0 Å². The van der Waals surface area contributed by atoms with E-state index in [9.17, 15) is 9.18 Å². The van der Waals surface area contributed by atoms with E-state index >= 15 is 0 Å². The molecular formula is C10H10BrFO2. The minimum absolute atomic E-state index is 0.117. The van der Waals surface area contributed by atoms with Crippen molar-refractivity contribution >= 4 is 21.7 Å². The van der Waals surface area contributed by atoms with Crippen LogP contribution in [0.3, 0.4) is 0 Å². The van der Waals surface area contributed by atoms with Gasteiger partial charge in [-0.05, 0) is 19.1 Å². The molecule has 0 unspecified atom stereocenters. The Labute approximate surface area is 90.2 Å². The maximum atomic E-state index is 12.8. The van der Waals surface area contributed by atoms with Crippen LogP contribution in [-0.2, 0) is 0 Å². The smallest absolute Gasteiger partial charge is 0.177 e. The Hall–Kier alpha value is -0.900. The summed E-state index contributed by atoms with van der Waals surface area (Å²) in [6.45, 7) is 2.19. The molecule has 0 bridgehead atoms. The molecule has 0 heterocycles. The van der Waals surface area contributed by atoms with Crippen molar-refractivity contribution in [2.24, 2.45) is 0 Å². The van der Waals surface area contributed by atoms with Gasteiger partial charge in [-0.15, -0.1) is 0 Å². The standard InChI is InChI=1S/C10H10BrFO2/c1-2-14-10-5-7(12)3-4-8(10)9(13)6-11/h3-5H,2,6H2,1H3. The van der Waals surface area contributed by atoms with E-state index in [-0.39, 0.29) is 11.1 Å². The van der Waals surface area contributed by atoms with Gasteiger partial charge in [0, 0.05) is 6.07 Å². The Balaban J connectivity index is 3.07. The van der Waals surface area contributed by atoms with Crippen LogP contribution in [0, 0.1) is 5.82 Å². The summed E-state index contributed by atoms with van der Waals surface area (Å²) in [4.78, 5) is 11.4. The number of rotatable bonds is 4. The number of carbonyl (C=O) groups excluding carboxylic acids is 1. The highest BCUT2D eigenvalue weighted by Crippen LogP contribution is 2.21. The van der Waals surface area contributed by atoms with Crippen molar-refractivity contribution in [3.05, 3.63) is 29.6 Å². The molecule has 0 aliphatic carbocycles. The van der Waals surface area contributed by atoms with Gasteiger partial charge in [-0.3, -0.25) is 4.79 Å². The lowest BCUT2D eigenvalue weighted by atomic mass is 10.1. The number of Topliss-reactive ketones (excluding diaryl/α,β-unsaturated/α-hetero) is 1. The van der Waals surface area contributed by atoms with Gasteiger partial charge in [0.25, 0.3) is 0 Å². The van der Waals surface area contributed by atoms with Crippen LogP contribution in [0.15, 0.2) is 18.2 Å². The van der Waals surface area contributed by atoms with Crippen molar-refractivity contribution < 1.29 is 13.9 Å². The number of hydrogen-bond donors (Lipinski definition) is 0. The molecule has 76 valence electrons. The first kappa shape index (κ1) is 11.2. The molecule has 1 aromatic rings. The SMILES string of the molecule is CCOc1cc(F)ccc1C(=O)CBr. The van der Waals surface area contributed by atoms with Crippen molar-refractivity contribution in [2.45, 2.75) is 6.92 Å². The van der Waals surface area contributed by atoms with Gasteiger partial charge >= 0.3 is 0 Å². The van der Waals surface area contributed by atoms with Crippen LogP contribution in [-0.4, -0.2) is 17.7 Å². The van der Waals surface area contributed by atoms with Crippen molar-refractivity contribution in [3.8, 4) is 5.75 Å². The number of ketones is 1. The minimum Gasteiger partial charge on any atom is -0.493 e. The van der Waals surface area contributed by atoms with E-state index in [1.165, 1.54) is 18.2 Å². The molecule has 0 N–H and O–H groups in total. The maximum absolute atomic E-state index is 12.8. The number of hydrogen-bond acceptors (Lipinski definition) is 2. The largest absolute Gasteiger partial charge is 0.493 e. The Morgan fingerprint density at radius 2 is 2.29 bits per heavy atom. The zero-order valence-corrected chi connectivity index (χ0v) is 9.30. The van der Waals surface area contributed by atoms with Gasteiger partial charge in [-0.2, -0.15) is 0 Å². The summed E-state index contributed by atoms with van der Waals surface area (Å²) in [6.07, 6.45) is 0. The molecule has 4 heteroatoms. The van der Waals surface area contributed by atoms with E-state index in [2.05, 4.69) is 15.9 Å². The maximum Gasteiger partial charge on any atom is 0.177 e. The van der Waals surface area contributed by atoms with E-state index in [0.717, 1.165) is 0 Å². The van der Waals surface area contributed by atoms with Gasteiger partial charge in [-0.25, -0.2) is 4.39 Å². The number of alkyl halides is 1. The number of ether oxygens (including phenoxy) is 1. The molecule has 14 heavy (non-hydrogen) atoms. The van der Waals surface area contributed by atoms with Gasteiger partial charge in [0.2, 0.25) is 0 Å². The monoisotopic (exact) mass is 260 g/mol. The summed E-state index contributed by atoms with van der Waals surface area (Å²) in [7, 11) is 0. The van der Waals surface area contributed by atoms with Crippen LogP contribution in [0.4, 0.5) is 4.39 Å². The summed E-state index contributed by atoms with van der Waals surface area (Å²) >= 11 is 3.06. The van der Waals surface area contributed by atoms with E-state index in [0.29, 0.717) is 17.9 Å². The first-order valence-electron chi connectivity index (χ1n) is 4.20. The molecule has 0 aromatic heterocycles. The fourth-order valence-corrected chi connectivity index (χ4v) is 1.38. The molecule has 1 rings (SSSR count). The Morgan fingerprint density at radius 1 is 1.57 bits per heavy atom. The second-order valence-electron chi connectivity index (χ2n) is 2.63. The average Bonchev–Trinajstić information content (AvgIpc) is 2.17. The van der Waals surface area contributed by atoms with Crippen LogP contribution < -0.4 is 4.74 Å². The second kappa shape index (κ2) is 5.10. The zero-order chi connectivity index (χ0) is 10.6. The first-order valence-corrected chi connectivity index (χ1v) is 5.32. The fourth-order valence-electron chi connectivity index (χ4n) is 1.07. The highest BCUT2D eigenvalue weighted by Gasteiger charge is 2.11. The molecule has 1 aromatic carbocycles. The predicted octanol–water partition coefficient (Wildman–Crippen LogP) is 2.80. The molecule has 0 saturated heterocycles. The molecule has 0 aliphatic heterocycles. The topological polar surface area (TPSA) is 26.3 Å². The zero-order valence-electron chi connectivity index (χ0n) is 7.72. The fraction of sp³-hybridized carbons (Fsp3) is 0.300. The lowest BCUT2D eigenvalue weighted by Crippen LogP contribution is -2.05. The molecule has 0 radical (unpaired) electrons. The van der Waals surface area contributed by atoms with Crippen molar-refractivity contribution in [1.82, 2.24) is 0 Å². The summed E-state index contributed by atoms with van der Waals surface area (Å²) in [5.74, 6) is -0.218. The number of halogens is 2. The third-order valence-electron chi connectivity index (χ3n) is 1.67. The van der Waals surface area contributed by atoms with Crippen LogP contribution in [0.1, 0.15) is 17.3 Å². The van der Waals surface area contributed by atoms with Crippen molar-refractivity contribution in [1.29, 1.82) is 0 Å². The van der Waals surface area contributed by atoms with E-state index < -0.39 is 5.82 Å². The summed E-state index contributed by atoms with van der Waals surface area (Å²) in [5, 5.41) is 0.207. The highest BCUT2D eigenvalue weighted by molar-refractivity contribution is 9.09. The van der Waals surface area contributed by atoms with Crippen LogP contribution in [0.5, 0.6) is 5.75 Å². The lowest BCUT2D eigenvalue weighted by molar-refractivity contribution is 0.102. The minimum atomic E-state index is -0.403. The number of carbonyl (C=O) groups is 1. The van der Waals surface area contributed by atoms with Crippen LogP contribution >= 0.6 is 15.9 Å².